The van der Waals surface area contributed by atoms with Crippen LogP contribution in [0.1, 0.15) is 23.1 Å². The SMILES string of the molecule is COc1c2c(c(CCC(=O)O)c3c1OCC3)CCO2. The lowest BCUT2D eigenvalue weighted by atomic mass is 9.93. The zero-order valence-electron chi connectivity index (χ0n) is 10.8. The first-order valence-electron chi connectivity index (χ1n) is 6.44. The third kappa shape index (κ3) is 1.89. The van der Waals surface area contributed by atoms with E-state index in [1.54, 1.807) is 7.11 Å². The summed E-state index contributed by atoms with van der Waals surface area (Å²) in [5, 5.41) is 8.89. The molecule has 2 heterocycles. The zero-order valence-corrected chi connectivity index (χ0v) is 10.8. The summed E-state index contributed by atoms with van der Waals surface area (Å²) in [7, 11) is 1.61. The molecule has 102 valence electrons. The highest BCUT2D eigenvalue weighted by Gasteiger charge is 2.32. The molecule has 19 heavy (non-hydrogen) atoms. The number of benzene rings is 1. The molecular formula is C14H16O5. The third-order valence-corrected chi connectivity index (χ3v) is 3.68. The van der Waals surface area contributed by atoms with Gasteiger partial charge in [0.2, 0.25) is 5.75 Å². The van der Waals surface area contributed by atoms with Crippen molar-refractivity contribution in [2.24, 2.45) is 0 Å². The first-order chi connectivity index (χ1) is 9.22. The molecule has 5 nitrogen and oxygen atoms in total. The number of ether oxygens (including phenoxy) is 3. The summed E-state index contributed by atoms with van der Waals surface area (Å²) in [6.07, 6.45) is 2.28. The van der Waals surface area contributed by atoms with Crippen LogP contribution in [0.15, 0.2) is 0 Å². The van der Waals surface area contributed by atoms with Gasteiger partial charge in [-0.15, -0.1) is 0 Å². The van der Waals surface area contributed by atoms with Crippen LogP contribution in [0.4, 0.5) is 0 Å². The minimum Gasteiger partial charge on any atom is -0.490 e. The molecular weight excluding hydrogens is 248 g/mol. The smallest absolute Gasteiger partial charge is 0.303 e. The van der Waals surface area contributed by atoms with Gasteiger partial charge in [0.25, 0.3) is 0 Å². The summed E-state index contributed by atoms with van der Waals surface area (Å²) >= 11 is 0. The van der Waals surface area contributed by atoms with E-state index in [9.17, 15) is 4.79 Å². The molecule has 5 heteroatoms. The van der Waals surface area contributed by atoms with Gasteiger partial charge in [-0.05, 0) is 12.0 Å². The fraction of sp³-hybridized carbons (Fsp3) is 0.500. The summed E-state index contributed by atoms with van der Waals surface area (Å²) in [6, 6.07) is 0. The number of methoxy groups -OCH3 is 1. The lowest BCUT2D eigenvalue weighted by Gasteiger charge is -2.16. The van der Waals surface area contributed by atoms with Crippen molar-refractivity contribution in [3.05, 3.63) is 16.7 Å². The predicted octanol–water partition coefficient (Wildman–Crippen LogP) is 1.58. The van der Waals surface area contributed by atoms with Crippen molar-refractivity contribution in [1.29, 1.82) is 0 Å². The summed E-state index contributed by atoms with van der Waals surface area (Å²) < 4.78 is 16.7. The molecule has 0 saturated carbocycles. The Kier molecular flexibility index (Phi) is 2.97. The first-order valence-corrected chi connectivity index (χ1v) is 6.44. The summed E-state index contributed by atoms with van der Waals surface area (Å²) in [6.45, 7) is 1.24. The van der Waals surface area contributed by atoms with Crippen LogP contribution in [0, 0.1) is 0 Å². The van der Waals surface area contributed by atoms with Gasteiger partial charge in [-0.25, -0.2) is 0 Å². The second-order valence-electron chi connectivity index (χ2n) is 4.72. The van der Waals surface area contributed by atoms with E-state index in [0.717, 1.165) is 41.0 Å². The Morgan fingerprint density at radius 2 is 1.79 bits per heavy atom. The van der Waals surface area contributed by atoms with Gasteiger partial charge in [0.15, 0.2) is 11.5 Å². The van der Waals surface area contributed by atoms with Crippen LogP contribution < -0.4 is 14.2 Å². The molecule has 0 atom stereocenters. The van der Waals surface area contributed by atoms with E-state index in [1.807, 2.05) is 0 Å². The van der Waals surface area contributed by atoms with Gasteiger partial charge in [0.05, 0.1) is 20.3 Å². The molecule has 2 aliphatic rings. The normalized spacial score (nSPS) is 15.4. The average molecular weight is 264 g/mol. The summed E-state index contributed by atoms with van der Waals surface area (Å²) in [5.41, 5.74) is 3.29. The van der Waals surface area contributed by atoms with Crippen molar-refractivity contribution >= 4 is 5.97 Å². The Morgan fingerprint density at radius 3 is 2.26 bits per heavy atom. The Morgan fingerprint density at radius 1 is 1.21 bits per heavy atom. The lowest BCUT2D eigenvalue weighted by molar-refractivity contribution is -0.136. The molecule has 0 amide bonds. The molecule has 0 radical (unpaired) electrons. The maximum Gasteiger partial charge on any atom is 0.303 e. The van der Waals surface area contributed by atoms with Crippen LogP contribution in [0.25, 0.3) is 0 Å². The Labute approximate surface area is 111 Å². The van der Waals surface area contributed by atoms with Crippen LogP contribution in [-0.2, 0) is 24.1 Å². The summed E-state index contributed by atoms with van der Waals surface area (Å²) in [4.78, 5) is 10.8. The highest BCUT2D eigenvalue weighted by molar-refractivity contribution is 5.70. The average Bonchev–Trinajstić information content (AvgIpc) is 3.02. The second-order valence-corrected chi connectivity index (χ2v) is 4.72. The topological polar surface area (TPSA) is 65.0 Å². The van der Waals surface area contributed by atoms with Gasteiger partial charge in [-0.2, -0.15) is 0 Å². The number of hydrogen-bond donors (Lipinski definition) is 1. The molecule has 0 aromatic heterocycles. The first kappa shape index (κ1) is 12.1. The Balaban J connectivity index is 2.10. The van der Waals surface area contributed by atoms with Gasteiger partial charge in [-0.3, -0.25) is 4.79 Å². The number of aliphatic carboxylic acids is 1. The maximum absolute atomic E-state index is 10.8. The van der Waals surface area contributed by atoms with E-state index in [2.05, 4.69) is 0 Å². The van der Waals surface area contributed by atoms with Crippen LogP contribution >= 0.6 is 0 Å². The molecule has 1 N–H and O–H groups in total. The molecule has 0 unspecified atom stereocenters. The zero-order chi connectivity index (χ0) is 13.4. The highest BCUT2D eigenvalue weighted by atomic mass is 16.5. The molecule has 0 bridgehead atoms. The predicted molar refractivity (Wildman–Crippen MR) is 67.3 cm³/mol. The van der Waals surface area contributed by atoms with E-state index in [0.29, 0.717) is 25.4 Å². The van der Waals surface area contributed by atoms with Crippen LogP contribution in [0.3, 0.4) is 0 Å². The van der Waals surface area contributed by atoms with Crippen LogP contribution in [0.5, 0.6) is 17.2 Å². The Bertz CT molecular complexity index is 500. The third-order valence-electron chi connectivity index (χ3n) is 3.68. The fourth-order valence-corrected chi connectivity index (χ4v) is 2.90. The molecule has 3 rings (SSSR count). The van der Waals surface area contributed by atoms with Gasteiger partial charge >= 0.3 is 5.97 Å². The minimum absolute atomic E-state index is 0.130. The van der Waals surface area contributed by atoms with Gasteiger partial charge in [0, 0.05) is 30.4 Å². The molecule has 1 aromatic carbocycles. The molecule has 0 saturated heterocycles. The molecule has 0 spiro atoms. The molecule has 1 aromatic rings. The largest absolute Gasteiger partial charge is 0.490 e. The maximum atomic E-state index is 10.8. The fourth-order valence-electron chi connectivity index (χ4n) is 2.90. The quantitative estimate of drug-likeness (QED) is 0.894. The molecule has 0 aliphatic carbocycles. The van der Waals surface area contributed by atoms with E-state index in [1.165, 1.54) is 0 Å². The number of carboxylic acid groups (broad SMARTS) is 1. The van der Waals surface area contributed by atoms with Crippen molar-refractivity contribution in [3.8, 4) is 17.2 Å². The summed E-state index contributed by atoms with van der Waals surface area (Å²) in [5.74, 6) is 1.36. The van der Waals surface area contributed by atoms with Crippen molar-refractivity contribution in [1.82, 2.24) is 0 Å². The second kappa shape index (κ2) is 4.64. The van der Waals surface area contributed by atoms with Gasteiger partial charge in [-0.1, -0.05) is 0 Å². The number of fused-ring (bicyclic) bond motifs is 2. The van der Waals surface area contributed by atoms with Gasteiger partial charge in [0.1, 0.15) is 0 Å². The molecule has 2 aliphatic heterocycles. The molecule has 0 fully saturated rings. The van der Waals surface area contributed by atoms with Crippen LogP contribution in [0.2, 0.25) is 0 Å². The highest BCUT2D eigenvalue weighted by Crippen LogP contribution is 2.50. The van der Waals surface area contributed by atoms with Crippen LogP contribution in [-0.4, -0.2) is 31.4 Å². The monoisotopic (exact) mass is 264 g/mol. The van der Waals surface area contributed by atoms with E-state index in [-0.39, 0.29) is 6.42 Å². The van der Waals surface area contributed by atoms with E-state index < -0.39 is 5.97 Å². The van der Waals surface area contributed by atoms with Gasteiger partial charge < -0.3 is 19.3 Å². The lowest BCUT2D eigenvalue weighted by Crippen LogP contribution is -2.03. The number of rotatable bonds is 4. The van der Waals surface area contributed by atoms with Crippen molar-refractivity contribution in [2.75, 3.05) is 20.3 Å². The Hall–Kier alpha value is -1.91. The minimum atomic E-state index is -0.781. The van der Waals surface area contributed by atoms with Crippen molar-refractivity contribution < 1.29 is 24.1 Å². The van der Waals surface area contributed by atoms with Crippen molar-refractivity contribution in [3.63, 3.8) is 0 Å². The number of carbonyl (C=O) groups is 1. The van der Waals surface area contributed by atoms with E-state index in [4.69, 9.17) is 19.3 Å². The number of carboxylic acids is 1. The van der Waals surface area contributed by atoms with E-state index >= 15 is 0 Å². The number of hydrogen-bond acceptors (Lipinski definition) is 4. The standard InChI is InChI=1S/C14H16O5/c1-17-14-12-9(4-6-18-12)8(2-3-11(15)16)10-5-7-19-13(10)14/h2-7H2,1H3,(H,15,16). The van der Waals surface area contributed by atoms with Crippen molar-refractivity contribution in [2.45, 2.75) is 25.7 Å².